The molecule has 0 aliphatic heterocycles. The highest BCUT2D eigenvalue weighted by Gasteiger charge is 2.15. The van der Waals surface area contributed by atoms with Crippen molar-refractivity contribution in [3.05, 3.63) is 69.9 Å². The topological polar surface area (TPSA) is 107 Å². The number of carbonyl (C=O) groups excluding carboxylic acids is 1. The van der Waals surface area contributed by atoms with E-state index in [1.165, 1.54) is 30.4 Å². The first-order valence-electron chi connectivity index (χ1n) is 12.0. The number of esters is 1. The van der Waals surface area contributed by atoms with Crippen LogP contribution in [0.4, 0.5) is 0 Å². The third kappa shape index (κ3) is 11.4. The first-order chi connectivity index (χ1) is 16.4. The number of benzene rings is 1. The minimum absolute atomic E-state index is 0.00423. The Kier molecular flexibility index (Phi) is 13.1. The molecule has 0 aliphatic rings. The Morgan fingerprint density at radius 3 is 2.09 bits per heavy atom. The van der Waals surface area contributed by atoms with Gasteiger partial charge in [0.25, 0.3) is 0 Å². The van der Waals surface area contributed by atoms with Crippen LogP contribution in [0.1, 0.15) is 71.4 Å². The fourth-order valence-electron chi connectivity index (χ4n) is 3.64. The van der Waals surface area contributed by atoms with Gasteiger partial charge >= 0.3 is 5.97 Å². The molecular weight excluding hydrogens is 444 g/mol. The van der Waals surface area contributed by atoms with Gasteiger partial charge in [0, 0.05) is 11.1 Å². The van der Waals surface area contributed by atoms with Gasteiger partial charge in [-0.2, -0.15) is 0 Å². The molecule has 0 bridgehead atoms. The standard InChI is InChI=1S/C29H42O6/c1-19(2)15-26(31)28(33)22(5)12-8-11-20(3)9-7-10-21(4)13-14-23-16-25(30)17-24(29(23)34)18-27(32)35-6/h9,12-13,15-17,26,28,30-31,33-34H,7-8,10-11,14,18H2,1-6H3/b20-9+,21-13+,22-12+. The van der Waals surface area contributed by atoms with Gasteiger partial charge in [-0.1, -0.05) is 41.0 Å². The fraction of sp³-hybridized carbons (Fsp3) is 0.483. The maximum absolute atomic E-state index is 11.5. The van der Waals surface area contributed by atoms with Crippen molar-refractivity contribution in [1.29, 1.82) is 0 Å². The highest BCUT2D eigenvalue weighted by atomic mass is 16.5. The Hall–Kier alpha value is -2.83. The van der Waals surface area contributed by atoms with E-state index in [-0.39, 0.29) is 17.9 Å². The number of methoxy groups -OCH3 is 1. The molecule has 35 heavy (non-hydrogen) atoms. The predicted octanol–water partition coefficient (Wildman–Crippen LogP) is 5.44. The van der Waals surface area contributed by atoms with Crippen LogP contribution in [0.5, 0.6) is 11.5 Å². The summed E-state index contributed by atoms with van der Waals surface area (Å²) < 4.78 is 4.64. The maximum Gasteiger partial charge on any atom is 0.310 e. The Bertz CT molecular complexity index is 964. The van der Waals surface area contributed by atoms with Crippen molar-refractivity contribution in [3.8, 4) is 11.5 Å². The van der Waals surface area contributed by atoms with Crippen molar-refractivity contribution >= 4 is 5.97 Å². The van der Waals surface area contributed by atoms with E-state index in [0.29, 0.717) is 17.5 Å². The van der Waals surface area contributed by atoms with Crippen molar-refractivity contribution < 1.29 is 30.0 Å². The molecule has 0 spiro atoms. The summed E-state index contributed by atoms with van der Waals surface area (Å²) in [6, 6.07) is 2.89. The van der Waals surface area contributed by atoms with Gasteiger partial charge in [-0.3, -0.25) is 4.79 Å². The van der Waals surface area contributed by atoms with Crippen LogP contribution in [-0.2, 0) is 22.4 Å². The Balaban J connectivity index is 2.59. The molecule has 1 rings (SSSR count). The highest BCUT2D eigenvalue weighted by molar-refractivity contribution is 5.74. The summed E-state index contributed by atoms with van der Waals surface area (Å²) in [5.74, 6) is -0.465. The summed E-state index contributed by atoms with van der Waals surface area (Å²) in [4.78, 5) is 11.5. The maximum atomic E-state index is 11.5. The largest absolute Gasteiger partial charge is 0.508 e. The lowest BCUT2D eigenvalue weighted by atomic mass is 10.0. The van der Waals surface area contributed by atoms with Crippen molar-refractivity contribution in [2.45, 2.75) is 85.4 Å². The van der Waals surface area contributed by atoms with Crippen molar-refractivity contribution in [2.75, 3.05) is 7.11 Å². The van der Waals surface area contributed by atoms with Crippen molar-refractivity contribution in [3.63, 3.8) is 0 Å². The van der Waals surface area contributed by atoms with Gasteiger partial charge in [-0.15, -0.1) is 0 Å². The molecule has 0 aliphatic carbocycles. The number of ether oxygens (including phenoxy) is 1. The molecule has 1 aromatic carbocycles. The molecule has 0 fully saturated rings. The minimum Gasteiger partial charge on any atom is -0.508 e. The quantitative estimate of drug-likeness (QED) is 0.168. The third-order valence-electron chi connectivity index (χ3n) is 5.82. The minimum atomic E-state index is -0.885. The molecule has 0 aromatic heterocycles. The monoisotopic (exact) mass is 486 g/mol. The molecule has 6 heteroatoms. The third-order valence-corrected chi connectivity index (χ3v) is 5.82. The molecule has 0 radical (unpaired) electrons. The fourth-order valence-corrected chi connectivity index (χ4v) is 3.64. The molecule has 0 saturated carbocycles. The first kappa shape index (κ1) is 30.2. The van der Waals surface area contributed by atoms with Crippen LogP contribution in [0.25, 0.3) is 0 Å². The van der Waals surface area contributed by atoms with Crippen LogP contribution in [0.15, 0.2) is 58.7 Å². The van der Waals surface area contributed by atoms with Crippen LogP contribution < -0.4 is 0 Å². The molecule has 0 heterocycles. The number of rotatable bonds is 13. The van der Waals surface area contributed by atoms with E-state index in [4.69, 9.17) is 0 Å². The number of hydrogen-bond donors (Lipinski definition) is 4. The Labute approximate surface area is 210 Å². The number of aromatic hydroxyl groups is 2. The summed E-state index contributed by atoms with van der Waals surface area (Å²) in [5, 5.41) is 40.6. The van der Waals surface area contributed by atoms with Crippen LogP contribution in [0, 0.1) is 0 Å². The summed E-state index contributed by atoms with van der Waals surface area (Å²) in [6.07, 6.45) is 9.88. The zero-order chi connectivity index (χ0) is 26.5. The van der Waals surface area contributed by atoms with Gasteiger partial charge in [0.1, 0.15) is 23.7 Å². The summed E-state index contributed by atoms with van der Waals surface area (Å²) in [5.41, 5.74) is 5.08. The second kappa shape index (κ2) is 15.2. The molecular formula is C29H42O6. The first-order valence-corrected chi connectivity index (χ1v) is 12.0. The number of phenolic OH excluding ortho intramolecular Hbond substituents is 2. The van der Waals surface area contributed by atoms with E-state index in [2.05, 4.69) is 17.7 Å². The van der Waals surface area contributed by atoms with Gasteiger partial charge < -0.3 is 25.2 Å². The Morgan fingerprint density at radius 1 is 0.914 bits per heavy atom. The van der Waals surface area contributed by atoms with E-state index in [1.54, 1.807) is 6.08 Å². The summed E-state index contributed by atoms with van der Waals surface area (Å²) in [6.45, 7) is 9.73. The number of hydrogen-bond acceptors (Lipinski definition) is 6. The second-order valence-electron chi connectivity index (χ2n) is 9.38. The number of allylic oxidation sites excluding steroid dienone is 6. The zero-order valence-corrected chi connectivity index (χ0v) is 22.0. The summed E-state index contributed by atoms with van der Waals surface area (Å²) >= 11 is 0. The van der Waals surface area contributed by atoms with Crippen LogP contribution in [0.2, 0.25) is 0 Å². The average molecular weight is 487 g/mol. The van der Waals surface area contributed by atoms with Gasteiger partial charge in [-0.25, -0.2) is 0 Å². The molecule has 194 valence electrons. The van der Waals surface area contributed by atoms with E-state index in [9.17, 15) is 25.2 Å². The smallest absolute Gasteiger partial charge is 0.310 e. The average Bonchev–Trinajstić information content (AvgIpc) is 2.78. The Morgan fingerprint density at radius 2 is 1.49 bits per heavy atom. The second-order valence-corrected chi connectivity index (χ2v) is 9.38. The summed E-state index contributed by atoms with van der Waals surface area (Å²) in [7, 11) is 1.28. The van der Waals surface area contributed by atoms with Crippen LogP contribution in [0.3, 0.4) is 0 Å². The van der Waals surface area contributed by atoms with E-state index >= 15 is 0 Å². The van der Waals surface area contributed by atoms with Crippen molar-refractivity contribution in [2.24, 2.45) is 0 Å². The normalized spacial score (nSPS) is 14.5. The van der Waals surface area contributed by atoms with Gasteiger partial charge in [0.05, 0.1) is 13.5 Å². The highest BCUT2D eigenvalue weighted by Crippen LogP contribution is 2.29. The van der Waals surface area contributed by atoms with Crippen LogP contribution >= 0.6 is 0 Å². The SMILES string of the molecule is COC(=O)Cc1cc(O)cc(C/C=C(\C)CC/C=C(\C)CC/C=C(\C)C(O)C(O)C=C(C)C)c1O. The number of carbonyl (C=O) groups is 1. The molecule has 2 unspecified atom stereocenters. The lowest BCUT2D eigenvalue weighted by molar-refractivity contribution is -0.139. The van der Waals surface area contributed by atoms with E-state index in [1.807, 2.05) is 39.8 Å². The molecule has 0 saturated heterocycles. The van der Waals surface area contributed by atoms with Crippen molar-refractivity contribution in [1.82, 2.24) is 0 Å². The lowest BCUT2D eigenvalue weighted by Gasteiger charge is -2.16. The van der Waals surface area contributed by atoms with E-state index in [0.717, 1.165) is 36.8 Å². The molecule has 4 N–H and O–H groups in total. The predicted molar refractivity (Wildman–Crippen MR) is 140 cm³/mol. The van der Waals surface area contributed by atoms with Gasteiger partial charge in [0.2, 0.25) is 0 Å². The number of aliphatic hydroxyl groups excluding tert-OH is 2. The van der Waals surface area contributed by atoms with Gasteiger partial charge in [-0.05, 0) is 84.4 Å². The molecule has 1 aromatic rings. The number of aliphatic hydroxyl groups is 2. The van der Waals surface area contributed by atoms with E-state index < -0.39 is 18.2 Å². The zero-order valence-electron chi connectivity index (χ0n) is 22.0. The van der Waals surface area contributed by atoms with Crippen LogP contribution in [-0.4, -0.2) is 45.7 Å². The molecule has 0 amide bonds. The van der Waals surface area contributed by atoms with Gasteiger partial charge in [0.15, 0.2) is 0 Å². The molecule has 6 nitrogen and oxygen atoms in total. The lowest BCUT2D eigenvalue weighted by Crippen LogP contribution is -2.25. The molecule has 2 atom stereocenters. The number of phenols is 2.